The monoisotopic (exact) mass is 422 g/mol. The third-order valence-electron chi connectivity index (χ3n) is 5.72. The van der Waals surface area contributed by atoms with Gasteiger partial charge in [0, 0.05) is 53.5 Å². The molecule has 0 spiro atoms. The number of aromatic amines is 1. The van der Waals surface area contributed by atoms with Crippen molar-refractivity contribution in [3.05, 3.63) is 52.8 Å². The van der Waals surface area contributed by atoms with Crippen LogP contribution in [0.1, 0.15) is 22.5 Å². The number of morpholine rings is 1. The maximum atomic E-state index is 5.91. The zero-order valence-electron chi connectivity index (χ0n) is 18.4. The lowest BCUT2D eigenvalue weighted by atomic mass is 10.0. The molecule has 1 aromatic carbocycles. The Morgan fingerprint density at radius 1 is 1.26 bits per heavy atom. The van der Waals surface area contributed by atoms with Crippen LogP contribution in [0.5, 0.6) is 5.88 Å². The minimum Gasteiger partial charge on any atom is -0.476 e. The number of nitrogens with zero attached hydrogens (tertiary/aromatic N) is 3. The Morgan fingerprint density at radius 3 is 2.81 bits per heavy atom. The van der Waals surface area contributed by atoms with Crippen LogP contribution in [-0.4, -0.2) is 62.2 Å². The molecule has 1 aliphatic heterocycles. The van der Waals surface area contributed by atoms with E-state index < -0.39 is 0 Å². The predicted molar refractivity (Wildman–Crippen MR) is 124 cm³/mol. The number of hydrazone groups is 1. The SMILES string of the molecule is CNCCOc1cc(N2CCOCC2)cc(/C(=N\N)c2ccc3[nH]c(C)c(C)c3c2)n1. The molecule has 1 saturated heterocycles. The van der Waals surface area contributed by atoms with Gasteiger partial charge in [-0.3, -0.25) is 0 Å². The Hall–Kier alpha value is -3.10. The second-order valence-electron chi connectivity index (χ2n) is 7.71. The number of hydrogen-bond donors (Lipinski definition) is 3. The molecule has 8 heteroatoms. The summed E-state index contributed by atoms with van der Waals surface area (Å²) in [7, 11) is 1.90. The van der Waals surface area contributed by atoms with E-state index in [1.807, 2.05) is 25.2 Å². The van der Waals surface area contributed by atoms with Crippen LogP contribution >= 0.6 is 0 Å². The highest BCUT2D eigenvalue weighted by Crippen LogP contribution is 2.27. The van der Waals surface area contributed by atoms with E-state index in [2.05, 4.69) is 46.3 Å². The molecule has 1 aliphatic rings. The second kappa shape index (κ2) is 9.36. The fraction of sp³-hybridized carbons (Fsp3) is 0.391. The quantitative estimate of drug-likeness (QED) is 0.234. The van der Waals surface area contributed by atoms with Crippen LogP contribution in [0, 0.1) is 13.8 Å². The molecule has 31 heavy (non-hydrogen) atoms. The molecule has 8 nitrogen and oxygen atoms in total. The van der Waals surface area contributed by atoms with Gasteiger partial charge in [0.2, 0.25) is 5.88 Å². The summed E-state index contributed by atoms with van der Waals surface area (Å²) in [6, 6.07) is 10.2. The third-order valence-corrected chi connectivity index (χ3v) is 5.72. The zero-order valence-corrected chi connectivity index (χ0v) is 18.4. The molecule has 2 aromatic heterocycles. The molecular formula is C23H30N6O2. The molecule has 0 aliphatic carbocycles. The Labute approximate surface area is 182 Å². The first-order chi connectivity index (χ1) is 15.1. The van der Waals surface area contributed by atoms with E-state index in [1.54, 1.807) is 0 Å². The average molecular weight is 423 g/mol. The van der Waals surface area contributed by atoms with Crippen molar-refractivity contribution in [1.29, 1.82) is 0 Å². The molecule has 4 rings (SSSR count). The number of H-pyrrole nitrogens is 1. The van der Waals surface area contributed by atoms with Gasteiger partial charge in [0.25, 0.3) is 0 Å². The van der Waals surface area contributed by atoms with Gasteiger partial charge in [0.15, 0.2) is 0 Å². The summed E-state index contributed by atoms with van der Waals surface area (Å²) in [5.74, 6) is 6.44. The number of aromatic nitrogens is 2. The number of nitrogens with one attached hydrogen (secondary N) is 2. The Bertz CT molecular complexity index is 1090. The Balaban J connectivity index is 1.74. The lowest BCUT2D eigenvalue weighted by Crippen LogP contribution is -2.36. The number of aryl methyl sites for hydroxylation is 2. The topological polar surface area (TPSA) is 101 Å². The maximum absolute atomic E-state index is 5.91. The highest BCUT2D eigenvalue weighted by Gasteiger charge is 2.18. The number of anilines is 1. The maximum Gasteiger partial charge on any atom is 0.215 e. The summed E-state index contributed by atoms with van der Waals surface area (Å²) in [4.78, 5) is 10.4. The van der Waals surface area contributed by atoms with E-state index in [1.165, 1.54) is 5.56 Å². The van der Waals surface area contributed by atoms with Gasteiger partial charge in [0.1, 0.15) is 12.3 Å². The van der Waals surface area contributed by atoms with Crippen LogP contribution in [0.2, 0.25) is 0 Å². The van der Waals surface area contributed by atoms with E-state index in [-0.39, 0.29) is 0 Å². The van der Waals surface area contributed by atoms with E-state index >= 15 is 0 Å². The van der Waals surface area contributed by atoms with Crippen LogP contribution in [0.15, 0.2) is 35.4 Å². The number of hydrogen-bond acceptors (Lipinski definition) is 7. The molecule has 0 radical (unpaired) electrons. The Kier molecular flexibility index (Phi) is 6.39. The van der Waals surface area contributed by atoms with E-state index in [0.29, 0.717) is 37.1 Å². The highest BCUT2D eigenvalue weighted by atomic mass is 16.5. The van der Waals surface area contributed by atoms with Gasteiger partial charge in [-0.2, -0.15) is 5.10 Å². The molecule has 0 amide bonds. The minimum absolute atomic E-state index is 0.526. The van der Waals surface area contributed by atoms with Gasteiger partial charge in [-0.25, -0.2) is 4.98 Å². The van der Waals surface area contributed by atoms with Crippen molar-refractivity contribution in [2.75, 3.05) is 51.4 Å². The van der Waals surface area contributed by atoms with Crippen molar-refractivity contribution >= 4 is 22.3 Å². The molecule has 1 fully saturated rings. The van der Waals surface area contributed by atoms with Crippen molar-refractivity contribution in [3.63, 3.8) is 0 Å². The van der Waals surface area contributed by atoms with Crippen LogP contribution in [-0.2, 0) is 4.74 Å². The Morgan fingerprint density at radius 2 is 2.06 bits per heavy atom. The van der Waals surface area contributed by atoms with Gasteiger partial charge in [0.05, 0.1) is 18.9 Å². The van der Waals surface area contributed by atoms with Crippen LogP contribution in [0.3, 0.4) is 0 Å². The molecule has 0 atom stereocenters. The van der Waals surface area contributed by atoms with Crippen LogP contribution < -0.4 is 20.8 Å². The first-order valence-corrected chi connectivity index (χ1v) is 10.6. The molecule has 4 N–H and O–H groups in total. The summed E-state index contributed by atoms with van der Waals surface area (Å²) in [5, 5.41) is 8.37. The summed E-state index contributed by atoms with van der Waals surface area (Å²) in [5.41, 5.74) is 6.75. The number of rotatable bonds is 7. The molecular weight excluding hydrogens is 392 g/mol. The fourth-order valence-corrected chi connectivity index (χ4v) is 3.85. The first-order valence-electron chi connectivity index (χ1n) is 10.6. The van der Waals surface area contributed by atoms with Crippen molar-refractivity contribution in [2.24, 2.45) is 10.9 Å². The van der Waals surface area contributed by atoms with Gasteiger partial charge < -0.3 is 30.5 Å². The van der Waals surface area contributed by atoms with Gasteiger partial charge >= 0.3 is 0 Å². The number of benzene rings is 1. The largest absolute Gasteiger partial charge is 0.476 e. The first kappa shape index (κ1) is 21.1. The minimum atomic E-state index is 0.526. The van der Waals surface area contributed by atoms with E-state index in [4.69, 9.17) is 20.3 Å². The highest BCUT2D eigenvalue weighted by molar-refractivity contribution is 6.13. The molecule has 0 unspecified atom stereocenters. The van der Waals surface area contributed by atoms with Gasteiger partial charge in [-0.15, -0.1) is 0 Å². The van der Waals surface area contributed by atoms with Gasteiger partial charge in [-0.1, -0.05) is 6.07 Å². The van der Waals surface area contributed by atoms with E-state index in [9.17, 15) is 0 Å². The number of nitrogens with two attached hydrogens (primary N) is 1. The number of fused-ring (bicyclic) bond motifs is 1. The zero-order chi connectivity index (χ0) is 21.8. The fourth-order valence-electron chi connectivity index (χ4n) is 3.85. The summed E-state index contributed by atoms with van der Waals surface area (Å²) in [6.45, 7) is 8.50. The lowest BCUT2D eigenvalue weighted by molar-refractivity contribution is 0.122. The van der Waals surface area contributed by atoms with Crippen molar-refractivity contribution in [1.82, 2.24) is 15.3 Å². The van der Waals surface area contributed by atoms with Crippen LogP contribution in [0.4, 0.5) is 5.69 Å². The normalized spacial score (nSPS) is 14.9. The molecule has 0 saturated carbocycles. The summed E-state index contributed by atoms with van der Waals surface area (Å²) in [6.07, 6.45) is 0. The van der Waals surface area contributed by atoms with Crippen molar-refractivity contribution < 1.29 is 9.47 Å². The summed E-state index contributed by atoms with van der Waals surface area (Å²) < 4.78 is 11.4. The summed E-state index contributed by atoms with van der Waals surface area (Å²) >= 11 is 0. The van der Waals surface area contributed by atoms with Crippen molar-refractivity contribution in [2.45, 2.75) is 13.8 Å². The third kappa shape index (κ3) is 4.50. The number of pyridine rings is 1. The number of likely N-dealkylation sites (N-methyl/N-ethyl adjacent to an activating group) is 1. The molecule has 0 bridgehead atoms. The van der Waals surface area contributed by atoms with Crippen molar-refractivity contribution in [3.8, 4) is 5.88 Å². The van der Waals surface area contributed by atoms with Gasteiger partial charge in [-0.05, 0) is 44.7 Å². The molecule has 164 valence electrons. The lowest BCUT2D eigenvalue weighted by Gasteiger charge is -2.29. The second-order valence-corrected chi connectivity index (χ2v) is 7.71. The molecule has 3 aromatic rings. The smallest absolute Gasteiger partial charge is 0.215 e. The predicted octanol–water partition coefficient (Wildman–Crippen LogP) is 2.33. The number of ether oxygens (including phenoxy) is 2. The average Bonchev–Trinajstić information content (AvgIpc) is 3.08. The van der Waals surface area contributed by atoms with Crippen LogP contribution in [0.25, 0.3) is 10.9 Å². The van der Waals surface area contributed by atoms with E-state index in [0.717, 1.165) is 47.5 Å². The molecule has 3 heterocycles. The standard InChI is InChI=1S/C23H30N6O2/c1-15-16(2)26-20-5-4-17(12-19(15)20)23(28-24)21-13-18(29-7-10-30-11-8-29)14-22(27-21)31-9-6-25-3/h4-5,12-14,25-26H,6-11,24H2,1-3H3/b28-23-.